The Morgan fingerprint density at radius 2 is 1.77 bits per heavy atom. The van der Waals surface area contributed by atoms with E-state index in [2.05, 4.69) is 43.4 Å². The van der Waals surface area contributed by atoms with Gasteiger partial charge in [0.1, 0.15) is 0 Å². The molecule has 0 radical (unpaired) electrons. The number of piperazine rings is 1. The third-order valence-corrected chi connectivity index (χ3v) is 6.51. The summed E-state index contributed by atoms with van der Waals surface area (Å²) in [5.41, 5.74) is 4.56. The molecule has 1 saturated heterocycles. The van der Waals surface area contributed by atoms with E-state index in [9.17, 15) is 9.59 Å². The molecular formula is C24H32N3O2S+. The molecule has 3 rings (SSSR count). The highest BCUT2D eigenvalue weighted by molar-refractivity contribution is 7.99. The van der Waals surface area contributed by atoms with Gasteiger partial charge in [-0.15, -0.1) is 11.8 Å². The van der Waals surface area contributed by atoms with Gasteiger partial charge in [-0.3, -0.25) is 9.59 Å². The van der Waals surface area contributed by atoms with Gasteiger partial charge in [-0.25, -0.2) is 0 Å². The molecule has 2 N–H and O–H groups in total. The first-order chi connectivity index (χ1) is 14.5. The van der Waals surface area contributed by atoms with Crippen LogP contribution in [0.1, 0.15) is 23.6 Å². The molecule has 0 spiro atoms. The number of quaternary nitrogens is 1. The minimum atomic E-state index is 0.0410. The normalized spacial score (nSPS) is 14.5. The number of carbonyl (C=O) groups excluding carboxylic acids is 2. The molecule has 0 saturated carbocycles. The molecule has 0 bridgehead atoms. The monoisotopic (exact) mass is 426 g/mol. The quantitative estimate of drug-likeness (QED) is 0.680. The van der Waals surface area contributed by atoms with Gasteiger partial charge in [-0.05, 0) is 30.5 Å². The van der Waals surface area contributed by atoms with Crippen molar-refractivity contribution < 1.29 is 14.5 Å². The second-order valence-electron chi connectivity index (χ2n) is 7.84. The number of amides is 2. The predicted molar refractivity (Wildman–Crippen MR) is 124 cm³/mol. The summed E-state index contributed by atoms with van der Waals surface area (Å²) in [6.45, 7) is 7.69. The number of aryl methyl sites for hydroxylation is 2. The third-order valence-electron chi connectivity index (χ3n) is 5.52. The molecule has 1 aliphatic rings. The zero-order chi connectivity index (χ0) is 21.3. The minimum Gasteiger partial charge on any atom is -0.331 e. The maximum Gasteiger partial charge on any atom is 0.279 e. The van der Waals surface area contributed by atoms with Crippen LogP contribution >= 0.6 is 11.8 Å². The summed E-state index contributed by atoms with van der Waals surface area (Å²) >= 11 is 1.67. The number of hydrogen-bond acceptors (Lipinski definition) is 3. The van der Waals surface area contributed by atoms with Crippen LogP contribution in [-0.2, 0) is 21.8 Å². The van der Waals surface area contributed by atoms with E-state index < -0.39 is 0 Å². The van der Waals surface area contributed by atoms with Gasteiger partial charge >= 0.3 is 0 Å². The van der Waals surface area contributed by atoms with E-state index in [1.165, 1.54) is 16.0 Å². The molecule has 0 atom stereocenters. The van der Waals surface area contributed by atoms with Gasteiger partial charge in [0.15, 0.2) is 6.54 Å². The van der Waals surface area contributed by atoms with Crippen molar-refractivity contribution >= 4 is 29.3 Å². The Morgan fingerprint density at radius 1 is 1.07 bits per heavy atom. The van der Waals surface area contributed by atoms with Crippen LogP contribution in [0.5, 0.6) is 0 Å². The Labute approximate surface area is 183 Å². The lowest BCUT2D eigenvalue weighted by atomic mass is 10.1. The molecule has 30 heavy (non-hydrogen) atoms. The van der Waals surface area contributed by atoms with Crippen LogP contribution < -0.4 is 10.2 Å². The molecule has 0 aliphatic carbocycles. The van der Waals surface area contributed by atoms with Gasteiger partial charge in [-0.2, -0.15) is 0 Å². The molecule has 2 aromatic rings. The first-order valence-electron chi connectivity index (χ1n) is 10.7. The van der Waals surface area contributed by atoms with E-state index >= 15 is 0 Å². The summed E-state index contributed by atoms with van der Waals surface area (Å²) in [6.07, 6.45) is 0.895. The number of benzene rings is 2. The Balaban J connectivity index is 1.37. The van der Waals surface area contributed by atoms with Crippen LogP contribution in [0, 0.1) is 6.92 Å². The Kier molecular flexibility index (Phi) is 8.34. The highest BCUT2D eigenvalue weighted by Gasteiger charge is 2.25. The largest absolute Gasteiger partial charge is 0.331 e. The Morgan fingerprint density at radius 3 is 2.47 bits per heavy atom. The van der Waals surface area contributed by atoms with E-state index in [0.29, 0.717) is 12.3 Å². The average molecular weight is 427 g/mol. The number of carbonyl (C=O) groups is 2. The van der Waals surface area contributed by atoms with Crippen LogP contribution in [0.15, 0.2) is 48.5 Å². The van der Waals surface area contributed by atoms with Gasteiger partial charge in [0.2, 0.25) is 5.91 Å². The maximum atomic E-state index is 12.5. The van der Waals surface area contributed by atoms with Gasteiger partial charge in [0.25, 0.3) is 5.91 Å². The lowest BCUT2D eigenvalue weighted by molar-refractivity contribution is -0.895. The second-order valence-corrected chi connectivity index (χ2v) is 8.83. The Hall–Kier alpha value is -2.31. The van der Waals surface area contributed by atoms with Crippen LogP contribution in [-0.4, -0.2) is 55.2 Å². The van der Waals surface area contributed by atoms with Crippen molar-refractivity contribution in [3.63, 3.8) is 0 Å². The number of anilines is 1. The lowest BCUT2D eigenvalue weighted by Gasteiger charge is -2.32. The maximum absolute atomic E-state index is 12.5. The highest BCUT2D eigenvalue weighted by Crippen LogP contribution is 2.15. The molecule has 6 heteroatoms. The number of para-hydroxylation sites is 1. The molecule has 5 nitrogen and oxygen atoms in total. The van der Waals surface area contributed by atoms with E-state index in [0.717, 1.165) is 49.6 Å². The zero-order valence-corrected chi connectivity index (χ0v) is 18.8. The molecular weight excluding hydrogens is 394 g/mol. The number of thioether (sulfide) groups is 1. The summed E-state index contributed by atoms with van der Waals surface area (Å²) in [6, 6.07) is 16.4. The number of nitrogens with zero attached hydrogens (tertiary/aromatic N) is 1. The summed E-state index contributed by atoms with van der Waals surface area (Å²) in [5.74, 6) is 1.61. The van der Waals surface area contributed by atoms with Gasteiger partial charge in [-0.1, -0.05) is 55.0 Å². The van der Waals surface area contributed by atoms with Crippen molar-refractivity contribution in [1.29, 1.82) is 0 Å². The van der Waals surface area contributed by atoms with Gasteiger partial charge < -0.3 is 15.1 Å². The van der Waals surface area contributed by atoms with Gasteiger partial charge in [0, 0.05) is 11.4 Å². The number of hydrogen-bond donors (Lipinski definition) is 2. The molecule has 1 aliphatic heterocycles. The van der Waals surface area contributed by atoms with Crippen molar-refractivity contribution in [2.75, 3.05) is 43.8 Å². The van der Waals surface area contributed by atoms with E-state index in [1.807, 2.05) is 29.2 Å². The van der Waals surface area contributed by atoms with Crippen molar-refractivity contribution in [2.45, 2.75) is 26.0 Å². The summed E-state index contributed by atoms with van der Waals surface area (Å²) in [7, 11) is 0. The van der Waals surface area contributed by atoms with Crippen LogP contribution in [0.3, 0.4) is 0 Å². The molecule has 2 amide bonds. The first kappa shape index (κ1) is 22.4. The topological polar surface area (TPSA) is 53.9 Å². The molecule has 160 valence electrons. The third kappa shape index (κ3) is 6.61. The van der Waals surface area contributed by atoms with Crippen molar-refractivity contribution in [1.82, 2.24) is 4.90 Å². The van der Waals surface area contributed by atoms with Crippen LogP contribution in [0.25, 0.3) is 0 Å². The summed E-state index contributed by atoms with van der Waals surface area (Å²) < 4.78 is 0. The fourth-order valence-electron chi connectivity index (χ4n) is 3.65. The fourth-order valence-corrected chi connectivity index (χ4v) is 4.54. The van der Waals surface area contributed by atoms with Crippen LogP contribution in [0.2, 0.25) is 0 Å². The molecule has 2 aromatic carbocycles. The van der Waals surface area contributed by atoms with Crippen LogP contribution in [0.4, 0.5) is 5.69 Å². The lowest BCUT2D eigenvalue weighted by Crippen LogP contribution is -3.15. The fraction of sp³-hybridized carbons (Fsp3) is 0.417. The molecule has 1 fully saturated rings. The van der Waals surface area contributed by atoms with Crippen molar-refractivity contribution in [3.8, 4) is 0 Å². The zero-order valence-electron chi connectivity index (χ0n) is 17.9. The standard InChI is InChI=1S/C24H31N3O2S/c1-3-21-6-4-5-7-22(21)25-23(28)16-26-12-14-27(15-13-26)24(29)18-30-17-20-10-8-19(2)9-11-20/h4-11H,3,12-18H2,1-2H3,(H,25,28)/p+1. The van der Waals surface area contributed by atoms with E-state index in [4.69, 9.17) is 0 Å². The summed E-state index contributed by atoms with van der Waals surface area (Å²) in [5, 5.41) is 3.05. The molecule has 1 heterocycles. The van der Waals surface area contributed by atoms with Gasteiger partial charge in [0.05, 0.1) is 31.9 Å². The van der Waals surface area contributed by atoms with E-state index in [1.54, 1.807) is 11.8 Å². The number of rotatable bonds is 8. The Bertz CT molecular complexity index is 846. The van der Waals surface area contributed by atoms with E-state index in [-0.39, 0.29) is 11.8 Å². The molecule has 0 unspecified atom stereocenters. The van der Waals surface area contributed by atoms with Crippen molar-refractivity contribution in [3.05, 3.63) is 65.2 Å². The minimum absolute atomic E-state index is 0.0410. The first-order valence-corrected chi connectivity index (χ1v) is 11.8. The predicted octanol–water partition coefficient (Wildman–Crippen LogP) is 2.16. The SMILES string of the molecule is CCc1ccccc1NC(=O)C[NH+]1CCN(C(=O)CSCc2ccc(C)cc2)CC1. The molecule has 0 aromatic heterocycles. The second kappa shape index (κ2) is 11.2. The summed E-state index contributed by atoms with van der Waals surface area (Å²) in [4.78, 5) is 28.1. The number of nitrogens with one attached hydrogen (secondary N) is 2. The average Bonchev–Trinajstić information content (AvgIpc) is 2.76. The highest BCUT2D eigenvalue weighted by atomic mass is 32.2. The smallest absolute Gasteiger partial charge is 0.279 e. The van der Waals surface area contributed by atoms with Crippen molar-refractivity contribution in [2.24, 2.45) is 0 Å².